The van der Waals surface area contributed by atoms with Crippen molar-refractivity contribution < 1.29 is 14.3 Å². The average molecular weight is 461 g/mol. The number of methoxy groups -OCH3 is 1. The number of aromatic nitrogens is 3. The summed E-state index contributed by atoms with van der Waals surface area (Å²) in [6.07, 6.45) is 0. The van der Waals surface area contributed by atoms with Crippen LogP contribution in [0, 0.1) is 13.8 Å². The van der Waals surface area contributed by atoms with Crippen molar-refractivity contribution in [1.82, 2.24) is 14.8 Å². The quantitative estimate of drug-likeness (QED) is 0.458. The second-order valence-electron chi connectivity index (χ2n) is 6.88. The van der Waals surface area contributed by atoms with Crippen LogP contribution in [0.2, 0.25) is 5.02 Å². The summed E-state index contributed by atoms with van der Waals surface area (Å²) in [4.78, 5) is 12.4. The Morgan fingerprint density at radius 3 is 2.68 bits per heavy atom. The maximum absolute atomic E-state index is 12.4. The van der Waals surface area contributed by atoms with Crippen molar-refractivity contribution in [1.29, 1.82) is 0 Å². The molecule has 3 rings (SSSR count). The van der Waals surface area contributed by atoms with Crippen molar-refractivity contribution >= 4 is 35.0 Å². The molecule has 0 atom stereocenters. The number of hydrogen-bond acceptors (Lipinski definition) is 6. The minimum absolute atomic E-state index is 0.122. The topological polar surface area (TPSA) is 78.3 Å². The van der Waals surface area contributed by atoms with Gasteiger partial charge in [0, 0.05) is 17.3 Å². The van der Waals surface area contributed by atoms with E-state index >= 15 is 0 Å². The van der Waals surface area contributed by atoms with Crippen molar-refractivity contribution in [3.05, 3.63) is 58.4 Å². The molecule has 2 aromatic carbocycles. The molecular formula is C22H25ClN4O3S. The largest absolute Gasteiger partial charge is 0.493 e. The number of halogens is 1. The summed E-state index contributed by atoms with van der Waals surface area (Å²) in [7, 11) is 1.61. The zero-order valence-electron chi connectivity index (χ0n) is 17.9. The fourth-order valence-electron chi connectivity index (χ4n) is 2.97. The molecule has 0 saturated heterocycles. The number of ether oxygens (including phenoxy) is 2. The first kappa shape index (κ1) is 23.0. The zero-order valence-corrected chi connectivity index (χ0v) is 19.5. The van der Waals surface area contributed by atoms with Gasteiger partial charge in [0.25, 0.3) is 0 Å². The third kappa shape index (κ3) is 5.92. The number of carbonyl (C=O) groups excluding carboxylic acids is 1. The van der Waals surface area contributed by atoms with E-state index in [1.807, 2.05) is 49.6 Å². The second kappa shape index (κ2) is 10.5. The summed E-state index contributed by atoms with van der Waals surface area (Å²) in [5.74, 6) is 2.09. The Kier molecular flexibility index (Phi) is 7.81. The lowest BCUT2D eigenvalue weighted by Gasteiger charge is -2.12. The van der Waals surface area contributed by atoms with Crippen molar-refractivity contribution in [2.45, 2.75) is 39.1 Å². The van der Waals surface area contributed by atoms with Crippen LogP contribution < -0.4 is 14.8 Å². The molecule has 31 heavy (non-hydrogen) atoms. The van der Waals surface area contributed by atoms with Crippen molar-refractivity contribution in [2.75, 3.05) is 18.2 Å². The summed E-state index contributed by atoms with van der Waals surface area (Å²) in [5, 5.41) is 12.7. The van der Waals surface area contributed by atoms with Gasteiger partial charge in [-0.2, -0.15) is 0 Å². The van der Waals surface area contributed by atoms with Gasteiger partial charge < -0.3 is 19.4 Å². The van der Waals surface area contributed by atoms with Gasteiger partial charge in [-0.1, -0.05) is 29.4 Å². The number of anilines is 1. The van der Waals surface area contributed by atoms with Crippen LogP contribution in [0.25, 0.3) is 0 Å². The van der Waals surface area contributed by atoms with Gasteiger partial charge in [0.2, 0.25) is 5.91 Å². The molecule has 9 heteroatoms. The molecule has 0 saturated carbocycles. The lowest BCUT2D eigenvalue weighted by Crippen LogP contribution is -2.15. The van der Waals surface area contributed by atoms with Gasteiger partial charge in [-0.15, -0.1) is 10.2 Å². The molecule has 1 amide bonds. The Bertz CT molecular complexity index is 1070. The smallest absolute Gasteiger partial charge is 0.234 e. The minimum Gasteiger partial charge on any atom is -0.493 e. The molecule has 0 fully saturated rings. The van der Waals surface area contributed by atoms with E-state index < -0.39 is 0 Å². The molecule has 1 heterocycles. The van der Waals surface area contributed by atoms with Crippen LogP contribution in [-0.2, 0) is 17.9 Å². The standard InChI is InChI=1S/C22H25ClN4O3S/c1-5-27-20(12-30-18-9-6-14(2)10-19(18)29-4)25-26-22(27)31-13-21(28)24-17-8-7-16(23)11-15(17)3/h6-11H,5,12-13H2,1-4H3,(H,24,28). The first-order valence-corrected chi connectivity index (χ1v) is 11.2. The van der Waals surface area contributed by atoms with E-state index in [-0.39, 0.29) is 18.3 Å². The van der Waals surface area contributed by atoms with Gasteiger partial charge >= 0.3 is 0 Å². The molecule has 0 aliphatic heterocycles. The van der Waals surface area contributed by atoms with E-state index in [0.29, 0.717) is 34.0 Å². The SMILES string of the molecule is CCn1c(COc2ccc(C)cc2OC)nnc1SCC(=O)Nc1ccc(Cl)cc1C. The van der Waals surface area contributed by atoms with Crippen molar-refractivity contribution in [2.24, 2.45) is 0 Å². The second-order valence-corrected chi connectivity index (χ2v) is 8.26. The first-order chi connectivity index (χ1) is 14.9. The molecule has 0 spiro atoms. The highest BCUT2D eigenvalue weighted by atomic mass is 35.5. The molecule has 164 valence electrons. The number of nitrogens with zero attached hydrogens (tertiary/aromatic N) is 3. The van der Waals surface area contributed by atoms with Crippen LogP contribution in [0.1, 0.15) is 23.9 Å². The zero-order chi connectivity index (χ0) is 22.4. The minimum atomic E-state index is -0.122. The Labute approximate surface area is 191 Å². The highest BCUT2D eigenvalue weighted by Crippen LogP contribution is 2.29. The lowest BCUT2D eigenvalue weighted by molar-refractivity contribution is -0.113. The third-order valence-corrected chi connectivity index (χ3v) is 5.78. The molecule has 0 aliphatic rings. The molecule has 3 aromatic rings. The van der Waals surface area contributed by atoms with E-state index in [2.05, 4.69) is 15.5 Å². The molecule has 7 nitrogen and oxygen atoms in total. The summed E-state index contributed by atoms with van der Waals surface area (Å²) >= 11 is 7.30. The Balaban J connectivity index is 1.61. The average Bonchev–Trinajstić information content (AvgIpc) is 3.15. The monoisotopic (exact) mass is 460 g/mol. The van der Waals surface area contributed by atoms with E-state index in [1.165, 1.54) is 11.8 Å². The van der Waals surface area contributed by atoms with Gasteiger partial charge in [0.15, 0.2) is 22.5 Å². The van der Waals surface area contributed by atoms with E-state index in [4.69, 9.17) is 21.1 Å². The summed E-state index contributed by atoms with van der Waals surface area (Å²) in [6.45, 7) is 6.81. The maximum atomic E-state index is 12.4. The molecular weight excluding hydrogens is 436 g/mol. The first-order valence-electron chi connectivity index (χ1n) is 9.79. The predicted molar refractivity (Wildman–Crippen MR) is 123 cm³/mol. The molecule has 0 unspecified atom stereocenters. The van der Waals surface area contributed by atoms with E-state index in [9.17, 15) is 4.79 Å². The Morgan fingerprint density at radius 2 is 1.97 bits per heavy atom. The van der Waals surface area contributed by atoms with Crippen LogP contribution in [0.15, 0.2) is 41.6 Å². The molecule has 0 radical (unpaired) electrons. The Hall–Kier alpha value is -2.71. The molecule has 0 aliphatic carbocycles. The molecule has 1 N–H and O–H groups in total. The normalized spacial score (nSPS) is 10.7. The number of carbonyl (C=O) groups is 1. The van der Waals surface area contributed by atoms with Crippen LogP contribution in [0.4, 0.5) is 5.69 Å². The fourth-order valence-corrected chi connectivity index (χ4v) is 4.02. The lowest BCUT2D eigenvalue weighted by atomic mass is 10.2. The molecule has 1 aromatic heterocycles. The van der Waals surface area contributed by atoms with Crippen LogP contribution in [-0.4, -0.2) is 33.5 Å². The summed E-state index contributed by atoms with van der Waals surface area (Å²) in [5.41, 5.74) is 2.74. The number of benzene rings is 2. The van der Waals surface area contributed by atoms with E-state index in [1.54, 1.807) is 19.2 Å². The number of aryl methyl sites for hydroxylation is 2. The number of amides is 1. The van der Waals surface area contributed by atoms with E-state index in [0.717, 1.165) is 16.8 Å². The van der Waals surface area contributed by atoms with Gasteiger partial charge in [-0.25, -0.2) is 0 Å². The maximum Gasteiger partial charge on any atom is 0.234 e. The predicted octanol–water partition coefficient (Wildman–Crippen LogP) is 4.89. The van der Waals surface area contributed by atoms with Crippen LogP contribution in [0.3, 0.4) is 0 Å². The van der Waals surface area contributed by atoms with Crippen LogP contribution >= 0.6 is 23.4 Å². The summed E-state index contributed by atoms with van der Waals surface area (Å²) in [6, 6.07) is 11.1. The number of nitrogens with one attached hydrogen (secondary N) is 1. The van der Waals surface area contributed by atoms with Crippen LogP contribution in [0.5, 0.6) is 11.5 Å². The third-order valence-electron chi connectivity index (χ3n) is 4.58. The van der Waals surface area contributed by atoms with Gasteiger partial charge in [-0.3, -0.25) is 4.79 Å². The van der Waals surface area contributed by atoms with Crippen molar-refractivity contribution in [3.8, 4) is 11.5 Å². The number of thioether (sulfide) groups is 1. The van der Waals surface area contributed by atoms with Gasteiger partial charge in [0.1, 0.15) is 6.61 Å². The number of rotatable bonds is 9. The number of hydrogen-bond donors (Lipinski definition) is 1. The van der Waals surface area contributed by atoms with Crippen molar-refractivity contribution in [3.63, 3.8) is 0 Å². The summed E-state index contributed by atoms with van der Waals surface area (Å²) < 4.78 is 13.2. The molecule has 0 bridgehead atoms. The van der Waals surface area contributed by atoms with Gasteiger partial charge in [-0.05, 0) is 62.2 Å². The Morgan fingerprint density at radius 1 is 1.16 bits per heavy atom. The fraction of sp³-hybridized carbons (Fsp3) is 0.318. The highest BCUT2D eigenvalue weighted by molar-refractivity contribution is 7.99. The highest BCUT2D eigenvalue weighted by Gasteiger charge is 2.15. The van der Waals surface area contributed by atoms with Gasteiger partial charge in [0.05, 0.1) is 12.9 Å².